The summed E-state index contributed by atoms with van der Waals surface area (Å²) in [4.78, 5) is 1.87. The molecule has 4 nitrogen and oxygen atoms in total. The van der Waals surface area contributed by atoms with E-state index < -0.39 is 9.84 Å². The van der Waals surface area contributed by atoms with E-state index in [0.717, 1.165) is 5.56 Å². The Bertz CT molecular complexity index is 535. The normalized spacial score (nSPS) is 13.8. The van der Waals surface area contributed by atoms with Gasteiger partial charge in [0.05, 0.1) is 5.75 Å². The highest BCUT2D eigenvalue weighted by molar-refractivity contribution is 7.90. The Hall–Kier alpha value is -0.330. The van der Waals surface area contributed by atoms with Crippen molar-refractivity contribution >= 4 is 33.0 Å². The van der Waals surface area contributed by atoms with Crippen LogP contribution in [-0.4, -0.2) is 45.5 Å². The number of sulfone groups is 1. The monoisotopic (exact) mass is 324 g/mol. The molecule has 0 aromatic heterocycles. The van der Waals surface area contributed by atoms with Crippen LogP contribution in [0.3, 0.4) is 0 Å². The Kier molecular flexibility index (Phi) is 6.08. The lowest BCUT2D eigenvalue weighted by Gasteiger charge is -2.27. The number of hydrogen-bond acceptors (Lipinski definition) is 4. The van der Waals surface area contributed by atoms with Gasteiger partial charge < -0.3 is 5.73 Å². The summed E-state index contributed by atoms with van der Waals surface area (Å²) >= 11 is 12.1. The third-order valence-electron chi connectivity index (χ3n) is 2.89. The van der Waals surface area contributed by atoms with Crippen molar-refractivity contribution in [1.82, 2.24) is 4.90 Å². The van der Waals surface area contributed by atoms with Crippen molar-refractivity contribution in [3.63, 3.8) is 0 Å². The van der Waals surface area contributed by atoms with Gasteiger partial charge in [-0.15, -0.1) is 0 Å². The van der Waals surface area contributed by atoms with Crippen molar-refractivity contribution in [3.8, 4) is 0 Å². The van der Waals surface area contributed by atoms with Gasteiger partial charge in [0.15, 0.2) is 0 Å². The highest BCUT2D eigenvalue weighted by Crippen LogP contribution is 2.28. The van der Waals surface area contributed by atoms with Crippen molar-refractivity contribution in [3.05, 3.63) is 33.8 Å². The number of nitrogens with two attached hydrogens (primary N) is 1. The first-order chi connectivity index (χ1) is 8.74. The number of hydrogen-bond donors (Lipinski definition) is 1. The minimum Gasteiger partial charge on any atom is -0.329 e. The third-order valence-corrected chi connectivity index (χ3v) is 4.39. The second-order valence-corrected chi connectivity index (χ2v) is 7.63. The van der Waals surface area contributed by atoms with E-state index in [4.69, 9.17) is 28.9 Å². The Labute approximate surface area is 124 Å². The molecule has 0 aliphatic rings. The van der Waals surface area contributed by atoms with Gasteiger partial charge in [-0.1, -0.05) is 23.2 Å². The highest BCUT2D eigenvalue weighted by Gasteiger charge is 2.19. The molecular formula is C12H18Cl2N2O2S. The number of halogens is 2. The zero-order valence-corrected chi connectivity index (χ0v) is 13.3. The molecule has 0 aliphatic heterocycles. The molecule has 0 heterocycles. The standard InChI is InChI=1S/C12H18Cl2N2O2S/c1-16(5-6-19(2,17)18)12(8-15)10-7-9(13)3-4-11(10)14/h3-4,7,12H,5-6,8,15H2,1-2H3. The molecule has 1 aromatic rings. The van der Waals surface area contributed by atoms with E-state index >= 15 is 0 Å². The van der Waals surface area contributed by atoms with E-state index in [0.29, 0.717) is 23.1 Å². The lowest BCUT2D eigenvalue weighted by atomic mass is 10.1. The molecular weight excluding hydrogens is 307 g/mol. The number of nitrogens with zero attached hydrogens (tertiary/aromatic N) is 1. The first-order valence-electron chi connectivity index (χ1n) is 5.77. The quantitative estimate of drug-likeness (QED) is 0.868. The summed E-state index contributed by atoms with van der Waals surface area (Å²) in [5.41, 5.74) is 6.58. The van der Waals surface area contributed by atoms with E-state index in [9.17, 15) is 8.42 Å². The van der Waals surface area contributed by atoms with Gasteiger partial charge in [0.25, 0.3) is 0 Å². The molecule has 1 atom stereocenters. The molecule has 0 amide bonds. The Morgan fingerprint density at radius 2 is 2.00 bits per heavy atom. The van der Waals surface area contributed by atoms with Gasteiger partial charge in [0.1, 0.15) is 9.84 Å². The lowest BCUT2D eigenvalue weighted by molar-refractivity contribution is 0.264. The Morgan fingerprint density at radius 3 is 2.53 bits per heavy atom. The average Bonchev–Trinajstić information content (AvgIpc) is 2.31. The van der Waals surface area contributed by atoms with Crippen LogP contribution in [0.5, 0.6) is 0 Å². The smallest absolute Gasteiger partial charge is 0.148 e. The first-order valence-corrected chi connectivity index (χ1v) is 8.59. The van der Waals surface area contributed by atoms with Crippen molar-refractivity contribution in [1.29, 1.82) is 0 Å². The Morgan fingerprint density at radius 1 is 1.37 bits per heavy atom. The zero-order valence-electron chi connectivity index (χ0n) is 10.9. The summed E-state index contributed by atoms with van der Waals surface area (Å²) in [5, 5.41) is 1.15. The van der Waals surface area contributed by atoms with E-state index in [-0.39, 0.29) is 11.8 Å². The maximum Gasteiger partial charge on any atom is 0.148 e. The third kappa shape index (κ3) is 5.28. The van der Waals surface area contributed by atoms with Crippen LogP contribution < -0.4 is 5.73 Å². The molecule has 0 bridgehead atoms. The summed E-state index contributed by atoms with van der Waals surface area (Å²) in [5.74, 6) is 0.0815. The van der Waals surface area contributed by atoms with Crippen LogP contribution in [0.2, 0.25) is 10.0 Å². The van der Waals surface area contributed by atoms with Crippen LogP contribution in [0.15, 0.2) is 18.2 Å². The molecule has 0 aliphatic carbocycles. The fraction of sp³-hybridized carbons (Fsp3) is 0.500. The van der Waals surface area contributed by atoms with Gasteiger partial charge in [0.2, 0.25) is 0 Å². The molecule has 19 heavy (non-hydrogen) atoms. The summed E-state index contributed by atoms with van der Waals surface area (Å²) in [6, 6.07) is 5.02. The number of benzene rings is 1. The molecule has 0 saturated heterocycles. The molecule has 2 N–H and O–H groups in total. The summed E-state index contributed by atoms with van der Waals surface area (Å²) in [7, 11) is -1.18. The molecule has 0 spiro atoms. The number of rotatable bonds is 6. The van der Waals surface area contributed by atoms with Gasteiger partial charge in [0, 0.05) is 35.4 Å². The largest absolute Gasteiger partial charge is 0.329 e. The minimum atomic E-state index is -3.00. The van der Waals surface area contributed by atoms with Gasteiger partial charge in [-0.2, -0.15) is 0 Å². The highest BCUT2D eigenvalue weighted by atomic mass is 35.5. The molecule has 1 rings (SSSR count). The lowest BCUT2D eigenvalue weighted by Crippen LogP contribution is -2.34. The van der Waals surface area contributed by atoms with E-state index in [1.54, 1.807) is 18.2 Å². The van der Waals surface area contributed by atoms with Gasteiger partial charge in [-0.25, -0.2) is 8.42 Å². The summed E-state index contributed by atoms with van der Waals surface area (Å²) < 4.78 is 22.4. The van der Waals surface area contributed by atoms with Crippen LogP contribution in [0, 0.1) is 0 Å². The van der Waals surface area contributed by atoms with Crippen LogP contribution in [0.4, 0.5) is 0 Å². The minimum absolute atomic E-state index is 0.0815. The molecule has 0 saturated carbocycles. The zero-order chi connectivity index (χ0) is 14.6. The average molecular weight is 325 g/mol. The maximum atomic E-state index is 11.2. The molecule has 1 unspecified atom stereocenters. The summed E-state index contributed by atoms with van der Waals surface area (Å²) in [6.45, 7) is 0.726. The fourth-order valence-electron chi connectivity index (χ4n) is 1.78. The van der Waals surface area contributed by atoms with Crippen molar-refractivity contribution in [2.75, 3.05) is 32.1 Å². The predicted octanol–water partition coefficient (Wildman–Crippen LogP) is 1.97. The van der Waals surface area contributed by atoms with E-state index in [1.807, 2.05) is 11.9 Å². The summed E-state index contributed by atoms with van der Waals surface area (Å²) in [6.07, 6.45) is 1.21. The van der Waals surface area contributed by atoms with Crippen LogP contribution in [0.1, 0.15) is 11.6 Å². The van der Waals surface area contributed by atoms with Crippen molar-refractivity contribution in [2.45, 2.75) is 6.04 Å². The molecule has 108 valence electrons. The molecule has 0 fully saturated rings. The van der Waals surface area contributed by atoms with Crippen LogP contribution in [0.25, 0.3) is 0 Å². The van der Waals surface area contributed by atoms with Gasteiger partial charge >= 0.3 is 0 Å². The molecule has 0 radical (unpaired) electrons. The molecule has 7 heteroatoms. The second-order valence-electron chi connectivity index (χ2n) is 4.53. The van der Waals surface area contributed by atoms with E-state index in [2.05, 4.69) is 0 Å². The first kappa shape index (κ1) is 16.7. The Balaban J connectivity index is 2.90. The van der Waals surface area contributed by atoms with Gasteiger partial charge in [-0.05, 0) is 30.8 Å². The fourth-order valence-corrected chi connectivity index (χ4v) is 2.82. The van der Waals surface area contributed by atoms with Crippen molar-refractivity contribution in [2.24, 2.45) is 5.73 Å². The second kappa shape index (κ2) is 6.90. The van der Waals surface area contributed by atoms with Crippen LogP contribution >= 0.6 is 23.2 Å². The maximum absolute atomic E-state index is 11.2. The topological polar surface area (TPSA) is 63.4 Å². The SMILES string of the molecule is CN(CCS(C)(=O)=O)C(CN)c1cc(Cl)ccc1Cl. The van der Waals surface area contributed by atoms with Crippen molar-refractivity contribution < 1.29 is 8.42 Å². The molecule has 1 aromatic carbocycles. The van der Waals surface area contributed by atoms with Gasteiger partial charge in [-0.3, -0.25) is 4.90 Å². The number of likely N-dealkylation sites (N-methyl/N-ethyl adjacent to an activating group) is 1. The van der Waals surface area contributed by atoms with E-state index in [1.165, 1.54) is 6.26 Å². The van der Waals surface area contributed by atoms with Crippen LogP contribution in [-0.2, 0) is 9.84 Å². The predicted molar refractivity (Wildman–Crippen MR) is 80.6 cm³/mol.